The van der Waals surface area contributed by atoms with Crippen molar-refractivity contribution in [3.63, 3.8) is 0 Å². The first-order chi connectivity index (χ1) is 11.6. The van der Waals surface area contributed by atoms with Crippen LogP contribution in [0, 0.1) is 0 Å². The molecule has 0 saturated heterocycles. The minimum atomic E-state index is -4.42. The Kier molecular flexibility index (Phi) is 6.04. The van der Waals surface area contributed by atoms with Crippen molar-refractivity contribution in [3.05, 3.63) is 40.6 Å². The largest absolute Gasteiger partial charge is 0.470 e. The Bertz CT molecular complexity index is 653. The molecule has 0 aliphatic carbocycles. The molecule has 1 aliphatic heterocycles. The van der Waals surface area contributed by atoms with Crippen LogP contribution in [0.3, 0.4) is 0 Å². The van der Waals surface area contributed by atoms with Crippen LogP contribution in [-0.4, -0.2) is 34.7 Å². The van der Waals surface area contributed by atoms with Crippen LogP contribution in [0.25, 0.3) is 0 Å². The fourth-order valence-corrected chi connectivity index (χ4v) is 3.00. The summed E-state index contributed by atoms with van der Waals surface area (Å²) in [5, 5.41) is 9.03. The standard InChI is InChI=1S/C15H16F5N3OS/c1-3-25-11-6-9(15(18,19)20)7-21-13(11)10-4-5-12(23-22-10)24-8-14(2,16)17/h4-7,13,21H,3,8H2,1-2H3/p+1. The number of quaternary nitrogens is 1. The number of nitrogens with two attached hydrogens (primary N) is 1. The average molecular weight is 382 g/mol. The van der Waals surface area contributed by atoms with Crippen molar-refractivity contribution in [2.75, 3.05) is 12.4 Å². The van der Waals surface area contributed by atoms with Crippen molar-refractivity contribution < 1.29 is 32.0 Å². The molecule has 0 spiro atoms. The summed E-state index contributed by atoms with van der Waals surface area (Å²) < 4.78 is 69.0. The Morgan fingerprint density at radius 2 is 1.92 bits per heavy atom. The molecule has 0 fully saturated rings. The van der Waals surface area contributed by atoms with Gasteiger partial charge in [-0.1, -0.05) is 6.92 Å². The van der Waals surface area contributed by atoms with Crippen LogP contribution in [-0.2, 0) is 0 Å². The highest BCUT2D eigenvalue weighted by atomic mass is 32.2. The Labute approximate surface area is 145 Å². The van der Waals surface area contributed by atoms with E-state index in [1.54, 1.807) is 0 Å². The molecule has 1 aromatic rings. The Balaban J connectivity index is 2.15. The molecule has 1 unspecified atom stereocenters. The van der Waals surface area contributed by atoms with E-state index in [4.69, 9.17) is 4.74 Å². The second kappa shape index (κ2) is 7.69. The van der Waals surface area contributed by atoms with Gasteiger partial charge in [0.25, 0.3) is 5.92 Å². The summed E-state index contributed by atoms with van der Waals surface area (Å²) >= 11 is 1.28. The fourth-order valence-electron chi connectivity index (χ4n) is 2.08. The minimum absolute atomic E-state index is 0.0683. The summed E-state index contributed by atoms with van der Waals surface area (Å²) in [6.45, 7) is 1.72. The van der Waals surface area contributed by atoms with Gasteiger partial charge < -0.3 is 10.1 Å². The molecule has 2 N–H and O–H groups in total. The average Bonchev–Trinajstić information content (AvgIpc) is 2.52. The third-order valence-corrected chi connectivity index (χ3v) is 4.16. The summed E-state index contributed by atoms with van der Waals surface area (Å²) in [7, 11) is 0. The highest BCUT2D eigenvalue weighted by molar-refractivity contribution is 8.03. The quantitative estimate of drug-likeness (QED) is 0.768. The van der Waals surface area contributed by atoms with Crippen LogP contribution < -0.4 is 10.1 Å². The van der Waals surface area contributed by atoms with Crippen LogP contribution in [0.2, 0.25) is 0 Å². The smallest absolute Gasteiger partial charge is 0.421 e. The van der Waals surface area contributed by atoms with Gasteiger partial charge in [-0.15, -0.1) is 22.0 Å². The molecule has 1 aromatic heterocycles. The second-order valence-corrected chi connectivity index (χ2v) is 6.76. The van der Waals surface area contributed by atoms with Gasteiger partial charge in [0.15, 0.2) is 12.6 Å². The molecule has 0 radical (unpaired) electrons. The number of aromatic nitrogens is 2. The van der Waals surface area contributed by atoms with Crippen molar-refractivity contribution in [2.24, 2.45) is 0 Å². The van der Waals surface area contributed by atoms with E-state index in [9.17, 15) is 22.0 Å². The lowest BCUT2D eigenvalue weighted by Gasteiger charge is -2.21. The first-order valence-electron chi connectivity index (χ1n) is 7.41. The number of thioether (sulfide) groups is 1. The van der Waals surface area contributed by atoms with Gasteiger partial charge in [0.1, 0.15) is 17.5 Å². The summed E-state index contributed by atoms with van der Waals surface area (Å²) in [6.07, 6.45) is -2.31. The third-order valence-electron chi connectivity index (χ3n) is 3.16. The molecular weight excluding hydrogens is 365 g/mol. The molecule has 0 amide bonds. The van der Waals surface area contributed by atoms with Crippen LogP contribution in [0.1, 0.15) is 25.6 Å². The van der Waals surface area contributed by atoms with Crippen molar-refractivity contribution >= 4 is 11.8 Å². The van der Waals surface area contributed by atoms with Gasteiger partial charge in [0.2, 0.25) is 5.88 Å². The van der Waals surface area contributed by atoms with Crippen molar-refractivity contribution in [1.82, 2.24) is 10.2 Å². The topological polar surface area (TPSA) is 51.6 Å². The Morgan fingerprint density at radius 1 is 1.20 bits per heavy atom. The zero-order valence-corrected chi connectivity index (χ0v) is 14.3. The molecule has 2 rings (SSSR count). The lowest BCUT2D eigenvalue weighted by atomic mass is 10.1. The molecule has 1 atom stereocenters. The second-order valence-electron chi connectivity index (χ2n) is 5.42. The number of hydrogen-bond acceptors (Lipinski definition) is 4. The van der Waals surface area contributed by atoms with E-state index < -0.39 is 30.3 Å². The first-order valence-corrected chi connectivity index (χ1v) is 8.39. The number of alkyl halides is 5. The number of hydrogen-bond donors (Lipinski definition) is 1. The molecule has 0 bridgehead atoms. The van der Waals surface area contributed by atoms with Gasteiger partial charge in [-0.25, -0.2) is 8.78 Å². The van der Waals surface area contributed by atoms with E-state index >= 15 is 0 Å². The maximum Gasteiger partial charge on any atom is 0.421 e. The van der Waals surface area contributed by atoms with Gasteiger partial charge in [0, 0.05) is 17.9 Å². The molecule has 0 aromatic carbocycles. The lowest BCUT2D eigenvalue weighted by molar-refractivity contribution is -0.625. The lowest BCUT2D eigenvalue weighted by Crippen LogP contribution is -2.81. The summed E-state index contributed by atoms with van der Waals surface area (Å²) in [5.41, 5.74) is -0.307. The predicted octanol–water partition coefficient (Wildman–Crippen LogP) is 3.21. The normalized spacial score (nSPS) is 18.6. The maximum absolute atomic E-state index is 12.9. The van der Waals surface area contributed by atoms with Crippen LogP contribution in [0.15, 0.2) is 34.9 Å². The van der Waals surface area contributed by atoms with E-state index in [0.717, 1.165) is 19.2 Å². The molecular formula is C15H17F5N3OS+. The van der Waals surface area contributed by atoms with E-state index in [1.807, 2.05) is 6.92 Å². The predicted molar refractivity (Wildman–Crippen MR) is 83.2 cm³/mol. The highest BCUT2D eigenvalue weighted by Gasteiger charge is 2.38. The molecule has 25 heavy (non-hydrogen) atoms. The molecule has 1 aliphatic rings. The number of allylic oxidation sites excluding steroid dienone is 2. The number of ether oxygens (including phenoxy) is 1. The molecule has 10 heteroatoms. The van der Waals surface area contributed by atoms with Gasteiger partial charge >= 0.3 is 6.18 Å². The van der Waals surface area contributed by atoms with Crippen molar-refractivity contribution in [1.29, 1.82) is 0 Å². The van der Waals surface area contributed by atoms with E-state index in [2.05, 4.69) is 10.2 Å². The van der Waals surface area contributed by atoms with Gasteiger partial charge in [-0.2, -0.15) is 13.2 Å². The zero-order chi connectivity index (χ0) is 18.7. The number of nitrogens with zero attached hydrogens (tertiary/aromatic N) is 2. The summed E-state index contributed by atoms with van der Waals surface area (Å²) in [4.78, 5) is 0.500. The zero-order valence-electron chi connectivity index (χ0n) is 13.5. The van der Waals surface area contributed by atoms with Gasteiger partial charge in [-0.3, -0.25) is 0 Å². The summed E-state index contributed by atoms with van der Waals surface area (Å²) in [5.74, 6) is -2.47. The number of halogens is 5. The highest BCUT2D eigenvalue weighted by Crippen LogP contribution is 2.35. The Hall–Kier alpha value is -1.68. The van der Waals surface area contributed by atoms with Crippen molar-refractivity contribution in [3.8, 4) is 5.88 Å². The van der Waals surface area contributed by atoms with Crippen LogP contribution >= 0.6 is 11.8 Å². The Morgan fingerprint density at radius 3 is 2.44 bits per heavy atom. The van der Waals surface area contributed by atoms with Crippen molar-refractivity contribution in [2.45, 2.75) is 32.0 Å². The molecule has 0 saturated carbocycles. The van der Waals surface area contributed by atoms with E-state index in [1.165, 1.54) is 29.2 Å². The van der Waals surface area contributed by atoms with E-state index in [0.29, 0.717) is 16.4 Å². The van der Waals surface area contributed by atoms with Crippen LogP contribution in [0.5, 0.6) is 5.88 Å². The molecule has 2 heterocycles. The minimum Gasteiger partial charge on any atom is -0.470 e. The maximum atomic E-state index is 12.9. The van der Waals surface area contributed by atoms with Gasteiger partial charge in [-0.05, 0) is 17.9 Å². The number of rotatable bonds is 6. The molecule has 4 nitrogen and oxygen atoms in total. The monoisotopic (exact) mass is 382 g/mol. The SMILES string of the molecule is CCSC1=CC(C(F)(F)F)=C[NH2+]C1c1ccc(OCC(C)(F)F)nn1. The summed E-state index contributed by atoms with van der Waals surface area (Å²) in [6, 6.07) is 2.41. The fraction of sp³-hybridized carbons (Fsp3) is 0.467. The van der Waals surface area contributed by atoms with E-state index in [-0.39, 0.29) is 5.88 Å². The first kappa shape index (κ1) is 19.6. The third kappa shape index (κ3) is 5.67. The molecule has 138 valence electrons. The van der Waals surface area contributed by atoms with Gasteiger partial charge in [0.05, 0.1) is 0 Å². The van der Waals surface area contributed by atoms with Crippen LogP contribution in [0.4, 0.5) is 22.0 Å².